The van der Waals surface area contributed by atoms with Gasteiger partial charge in [-0.15, -0.1) is 0 Å². The molecular formula is C11H12N2O2. The van der Waals surface area contributed by atoms with E-state index in [0.29, 0.717) is 6.54 Å². The number of benzene rings is 1. The third-order valence-electron chi connectivity index (χ3n) is 2.62. The van der Waals surface area contributed by atoms with Crippen molar-refractivity contribution < 1.29 is 9.59 Å². The van der Waals surface area contributed by atoms with Crippen LogP contribution in [-0.2, 0) is 9.59 Å². The van der Waals surface area contributed by atoms with E-state index in [9.17, 15) is 9.59 Å². The lowest BCUT2D eigenvalue weighted by molar-refractivity contribution is -0.149. The molecular weight excluding hydrogens is 192 g/mol. The number of rotatable bonds is 1. The van der Waals surface area contributed by atoms with Crippen molar-refractivity contribution in [3.8, 4) is 0 Å². The van der Waals surface area contributed by atoms with Crippen LogP contribution in [0.1, 0.15) is 11.6 Å². The van der Waals surface area contributed by atoms with Gasteiger partial charge in [0.15, 0.2) is 0 Å². The van der Waals surface area contributed by atoms with Crippen molar-refractivity contribution in [3.63, 3.8) is 0 Å². The molecule has 0 spiro atoms. The largest absolute Gasteiger partial charge is 0.345 e. The van der Waals surface area contributed by atoms with Crippen LogP contribution in [0, 0.1) is 0 Å². The maximum Gasteiger partial charge on any atom is 0.312 e. The Balaban J connectivity index is 2.25. The molecule has 78 valence electrons. The zero-order chi connectivity index (χ0) is 10.8. The highest BCUT2D eigenvalue weighted by Gasteiger charge is 2.31. The Morgan fingerprint density at radius 2 is 1.93 bits per heavy atom. The van der Waals surface area contributed by atoms with Gasteiger partial charge in [0.2, 0.25) is 0 Å². The van der Waals surface area contributed by atoms with Crippen LogP contribution < -0.4 is 5.32 Å². The van der Waals surface area contributed by atoms with Gasteiger partial charge in [0.1, 0.15) is 0 Å². The molecule has 0 aromatic heterocycles. The van der Waals surface area contributed by atoms with E-state index >= 15 is 0 Å². The van der Waals surface area contributed by atoms with Gasteiger partial charge in [-0.05, 0) is 5.56 Å². The molecule has 1 saturated heterocycles. The van der Waals surface area contributed by atoms with Gasteiger partial charge in [-0.1, -0.05) is 30.3 Å². The summed E-state index contributed by atoms with van der Waals surface area (Å²) >= 11 is 0. The monoisotopic (exact) mass is 204 g/mol. The molecule has 15 heavy (non-hydrogen) atoms. The lowest BCUT2D eigenvalue weighted by Crippen LogP contribution is -2.52. The number of carbonyl (C=O) groups excluding carboxylic acids is 2. The van der Waals surface area contributed by atoms with Crippen molar-refractivity contribution in [3.05, 3.63) is 35.9 Å². The second kappa shape index (κ2) is 3.73. The SMILES string of the molecule is CN1C(=O)C(=O)NC[C@@H]1c1ccccc1. The van der Waals surface area contributed by atoms with Crippen LogP contribution in [0.2, 0.25) is 0 Å². The highest BCUT2D eigenvalue weighted by atomic mass is 16.2. The average Bonchev–Trinajstić information content (AvgIpc) is 2.27. The summed E-state index contributed by atoms with van der Waals surface area (Å²) in [4.78, 5) is 24.0. The van der Waals surface area contributed by atoms with Gasteiger partial charge in [0.05, 0.1) is 6.04 Å². The maximum absolute atomic E-state index is 11.4. The number of hydrogen-bond donors (Lipinski definition) is 1. The molecule has 1 atom stereocenters. The fourth-order valence-electron chi connectivity index (χ4n) is 1.72. The summed E-state index contributed by atoms with van der Waals surface area (Å²) in [6, 6.07) is 9.61. The Morgan fingerprint density at radius 3 is 2.60 bits per heavy atom. The van der Waals surface area contributed by atoms with Gasteiger partial charge >= 0.3 is 11.8 Å². The zero-order valence-corrected chi connectivity index (χ0v) is 8.43. The van der Waals surface area contributed by atoms with Gasteiger partial charge in [0, 0.05) is 13.6 Å². The first kappa shape index (κ1) is 9.71. The van der Waals surface area contributed by atoms with Gasteiger partial charge in [-0.3, -0.25) is 9.59 Å². The number of carbonyl (C=O) groups is 2. The Morgan fingerprint density at radius 1 is 1.27 bits per heavy atom. The molecule has 1 heterocycles. The second-order valence-electron chi connectivity index (χ2n) is 3.55. The molecule has 0 saturated carbocycles. The first-order valence-corrected chi connectivity index (χ1v) is 4.80. The van der Waals surface area contributed by atoms with E-state index in [-0.39, 0.29) is 6.04 Å². The van der Waals surface area contributed by atoms with Crippen molar-refractivity contribution in [1.29, 1.82) is 0 Å². The highest BCUT2D eigenvalue weighted by molar-refractivity contribution is 6.35. The van der Waals surface area contributed by atoms with Crippen LogP contribution in [0.5, 0.6) is 0 Å². The molecule has 0 unspecified atom stereocenters. The minimum Gasteiger partial charge on any atom is -0.345 e. The normalized spacial score (nSPS) is 21.4. The fraction of sp³-hybridized carbons (Fsp3) is 0.273. The molecule has 4 heteroatoms. The predicted octanol–water partition coefficient (Wildman–Crippen LogP) is 0.316. The molecule has 1 aromatic rings. The molecule has 0 radical (unpaired) electrons. The van der Waals surface area contributed by atoms with Crippen LogP contribution >= 0.6 is 0 Å². The van der Waals surface area contributed by atoms with Crippen molar-refractivity contribution in [2.45, 2.75) is 6.04 Å². The highest BCUT2D eigenvalue weighted by Crippen LogP contribution is 2.20. The van der Waals surface area contributed by atoms with E-state index in [2.05, 4.69) is 5.32 Å². The molecule has 1 aliphatic heterocycles. The van der Waals surface area contributed by atoms with Crippen LogP contribution in [0.15, 0.2) is 30.3 Å². The Labute approximate surface area is 87.9 Å². The Bertz CT molecular complexity index is 389. The number of nitrogens with one attached hydrogen (secondary N) is 1. The van der Waals surface area contributed by atoms with Crippen molar-refractivity contribution in [2.75, 3.05) is 13.6 Å². The van der Waals surface area contributed by atoms with Crippen molar-refractivity contribution >= 4 is 11.8 Å². The molecule has 2 amide bonds. The summed E-state index contributed by atoms with van der Waals surface area (Å²) < 4.78 is 0. The van der Waals surface area contributed by atoms with Crippen LogP contribution in [0.4, 0.5) is 0 Å². The molecule has 1 aliphatic rings. The van der Waals surface area contributed by atoms with Crippen LogP contribution in [0.3, 0.4) is 0 Å². The molecule has 4 nitrogen and oxygen atoms in total. The van der Waals surface area contributed by atoms with Crippen molar-refractivity contribution in [1.82, 2.24) is 10.2 Å². The lowest BCUT2D eigenvalue weighted by Gasteiger charge is -2.32. The third kappa shape index (κ3) is 1.70. The molecule has 1 fully saturated rings. The van der Waals surface area contributed by atoms with E-state index in [4.69, 9.17) is 0 Å². The van der Waals surface area contributed by atoms with Gasteiger partial charge in [-0.25, -0.2) is 0 Å². The summed E-state index contributed by atoms with van der Waals surface area (Å²) in [5.74, 6) is -1.00. The molecule has 0 aliphatic carbocycles. The van der Waals surface area contributed by atoms with E-state index in [0.717, 1.165) is 5.56 Å². The van der Waals surface area contributed by atoms with Crippen molar-refractivity contribution in [2.24, 2.45) is 0 Å². The first-order chi connectivity index (χ1) is 7.20. The van der Waals surface area contributed by atoms with E-state index in [1.807, 2.05) is 30.3 Å². The maximum atomic E-state index is 11.4. The third-order valence-corrected chi connectivity index (χ3v) is 2.62. The smallest absolute Gasteiger partial charge is 0.312 e. The average molecular weight is 204 g/mol. The summed E-state index contributed by atoms with van der Waals surface area (Å²) in [5, 5.41) is 2.58. The summed E-state index contributed by atoms with van der Waals surface area (Å²) in [5.41, 5.74) is 1.04. The zero-order valence-electron chi connectivity index (χ0n) is 8.43. The Hall–Kier alpha value is -1.84. The Kier molecular flexibility index (Phi) is 2.41. The van der Waals surface area contributed by atoms with Gasteiger partial charge < -0.3 is 10.2 Å². The van der Waals surface area contributed by atoms with Crippen LogP contribution in [-0.4, -0.2) is 30.3 Å². The van der Waals surface area contributed by atoms with Gasteiger partial charge in [0.25, 0.3) is 0 Å². The minimum absolute atomic E-state index is 0.0589. The minimum atomic E-state index is -0.523. The number of nitrogens with zero attached hydrogens (tertiary/aromatic N) is 1. The van der Waals surface area contributed by atoms with Gasteiger partial charge in [-0.2, -0.15) is 0 Å². The first-order valence-electron chi connectivity index (χ1n) is 4.80. The topological polar surface area (TPSA) is 49.4 Å². The molecule has 1 aromatic carbocycles. The number of amides is 2. The quantitative estimate of drug-likeness (QED) is 0.669. The van der Waals surface area contributed by atoms with E-state index < -0.39 is 11.8 Å². The summed E-state index contributed by atoms with van der Waals surface area (Å²) in [6.45, 7) is 0.477. The standard InChI is InChI=1S/C11H12N2O2/c1-13-9(7-12-10(14)11(13)15)8-5-3-2-4-6-8/h2-6,9H,7H2,1H3,(H,12,14)/t9-/m1/s1. The number of piperazine rings is 1. The molecule has 2 rings (SSSR count). The fourth-order valence-corrected chi connectivity index (χ4v) is 1.72. The van der Waals surface area contributed by atoms with E-state index in [1.54, 1.807) is 7.05 Å². The lowest BCUT2D eigenvalue weighted by atomic mass is 10.0. The molecule has 0 bridgehead atoms. The summed E-state index contributed by atoms with van der Waals surface area (Å²) in [7, 11) is 1.65. The van der Waals surface area contributed by atoms with Crippen LogP contribution in [0.25, 0.3) is 0 Å². The second-order valence-corrected chi connectivity index (χ2v) is 3.55. The molecule has 1 N–H and O–H groups in total. The number of hydrogen-bond acceptors (Lipinski definition) is 2. The summed E-state index contributed by atoms with van der Waals surface area (Å²) in [6.07, 6.45) is 0. The number of likely N-dealkylation sites (N-methyl/N-ethyl adjacent to an activating group) is 1. The van der Waals surface area contributed by atoms with E-state index in [1.165, 1.54) is 4.90 Å². The predicted molar refractivity (Wildman–Crippen MR) is 55.0 cm³/mol.